The first-order valence-electron chi connectivity index (χ1n) is 16.8. The average molecular weight is 649 g/mol. The van der Waals surface area contributed by atoms with Gasteiger partial charge in [-0.3, -0.25) is 4.90 Å². The summed E-state index contributed by atoms with van der Waals surface area (Å²) in [5, 5.41) is 10.3. The van der Waals surface area contributed by atoms with Crippen molar-refractivity contribution in [1.29, 1.82) is 5.26 Å². The highest BCUT2D eigenvalue weighted by Crippen LogP contribution is 2.56. The van der Waals surface area contributed by atoms with Crippen LogP contribution in [0.4, 0.5) is 15.0 Å². The van der Waals surface area contributed by atoms with Crippen molar-refractivity contribution in [3.63, 3.8) is 0 Å². The van der Waals surface area contributed by atoms with E-state index in [4.69, 9.17) is 31.0 Å². The van der Waals surface area contributed by atoms with E-state index in [-0.39, 0.29) is 19.0 Å². The van der Waals surface area contributed by atoms with Crippen molar-refractivity contribution in [2.24, 2.45) is 0 Å². The molecule has 3 aliphatic carbocycles. The molecular weight excluding hydrogens is 607 g/mol. The molecule has 1 aromatic carbocycles. The number of carbonyl (C=O) groups is 1. The number of piperazine rings is 1. The second-order valence-electron chi connectivity index (χ2n) is 13.4. The number of halogens is 2. The van der Waals surface area contributed by atoms with E-state index in [1.165, 1.54) is 25.3 Å². The number of rotatable bonds is 8. The monoisotopic (exact) mass is 648 g/mol. The van der Waals surface area contributed by atoms with Crippen LogP contribution in [-0.2, 0) is 23.0 Å². The molecular formula is C35H42ClFN6O3. The first kappa shape index (κ1) is 31.2. The van der Waals surface area contributed by atoms with Crippen LogP contribution in [0.1, 0.15) is 79.9 Å². The van der Waals surface area contributed by atoms with Gasteiger partial charge in [0.1, 0.15) is 19.0 Å². The molecule has 1 aromatic heterocycles. The summed E-state index contributed by atoms with van der Waals surface area (Å²) in [6, 6.07) is 8.78. The Morgan fingerprint density at radius 1 is 1.13 bits per heavy atom. The van der Waals surface area contributed by atoms with Gasteiger partial charge in [0, 0.05) is 47.7 Å². The molecule has 2 aliphatic heterocycles. The van der Waals surface area contributed by atoms with Gasteiger partial charge >= 0.3 is 12.1 Å². The summed E-state index contributed by atoms with van der Waals surface area (Å²) in [5.41, 5.74) is 2.52. The number of fused-ring (bicyclic) bond motifs is 3. The van der Waals surface area contributed by atoms with E-state index in [1.54, 1.807) is 4.90 Å². The van der Waals surface area contributed by atoms with E-state index in [1.807, 2.05) is 18.2 Å². The number of aromatic nitrogens is 2. The molecule has 1 spiro atoms. The number of hydrogen-bond acceptors (Lipinski definition) is 8. The van der Waals surface area contributed by atoms with E-state index < -0.39 is 23.7 Å². The second-order valence-corrected chi connectivity index (χ2v) is 13.8. The van der Waals surface area contributed by atoms with E-state index in [0.29, 0.717) is 74.1 Å². The van der Waals surface area contributed by atoms with Crippen molar-refractivity contribution in [1.82, 2.24) is 19.8 Å². The van der Waals surface area contributed by atoms with Crippen molar-refractivity contribution >= 4 is 23.5 Å². The first-order chi connectivity index (χ1) is 22.4. The molecule has 0 N–H and O–H groups in total. The Morgan fingerprint density at radius 3 is 2.72 bits per heavy atom. The maximum absolute atomic E-state index is 17.2. The van der Waals surface area contributed by atoms with E-state index >= 15 is 4.39 Å². The number of alkyl halides is 1. The number of nitriles is 1. The number of carbonyl (C=O) groups excluding carboxylic acids is 1. The van der Waals surface area contributed by atoms with Gasteiger partial charge in [0.15, 0.2) is 6.17 Å². The van der Waals surface area contributed by atoms with Crippen LogP contribution in [0.3, 0.4) is 0 Å². The molecule has 5 aliphatic rings. The fourth-order valence-corrected chi connectivity index (χ4v) is 8.72. The molecule has 0 radical (unpaired) electrons. The van der Waals surface area contributed by atoms with Crippen LogP contribution in [0.25, 0.3) is 0 Å². The molecule has 4 atom stereocenters. The van der Waals surface area contributed by atoms with Crippen LogP contribution in [0.5, 0.6) is 6.01 Å². The summed E-state index contributed by atoms with van der Waals surface area (Å²) < 4.78 is 28.9. The topological polar surface area (TPSA) is 94.8 Å². The van der Waals surface area contributed by atoms with Gasteiger partial charge in [0.05, 0.1) is 24.2 Å². The summed E-state index contributed by atoms with van der Waals surface area (Å²) in [7, 11) is 0. The van der Waals surface area contributed by atoms with Crippen molar-refractivity contribution in [2.45, 2.75) is 93.9 Å². The molecule has 7 rings (SSSR count). The van der Waals surface area contributed by atoms with Crippen LogP contribution in [-0.4, -0.2) is 83.4 Å². The summed E-state index contributed by atoms with van der Waals surface area (Å²) in [5.74, 6) is 0.645. The highest BCUT2D eigenvalue weighted by Gasteiger charge is 2.51. The SMILES string of the molecule is C=CCOC(=O)N1CCN(c2nc(OC[C@@H]3CCCN3C3CCC3)nc3c2CC[C@@]2(CCc4c(Cl)cccc42)[C@H]3F)C[C@@H]1CC#N. The molecule has 244 valence electrons. The molecule has 0 bridgehead atoms. The Bertz CT molecular complexity index is 1530. The summed E-state index contributed by atoms with van der Waals surface area (Å²) in [4.78, 5) is 28.9. The quantitative estimate of drug-likeness (QED) is 0.317. The number of likely N-dealkylation sites (tertiary alicyclic amines) is 1. The molecule has 0 unspecified atom stereocenters. The molecule has 1 amide bonds. The number of amides is 1. The smallest absolute Gasteiger partial charge is 0.410 e. The predicted octanol–water partition coefficient (Wildman–Crippen LogP) is 6.09. The van der Waals surface area contributed by atoms with Gasteiger partial charge in [-0.1, -0.05) is 42.8 Å². The van der Waals surface area contributed by atoms with Gasteiger partial charge in [-0.25, -0.2) is 9.18 Å². The molecule has 1 saturated carbocycles. The Labute approximate surface area is 275 Å². The van der Waals surface area contributed by atoms with Gasteiger partial charge in [-0.05, 0) is 75.1 Å². The third-order valence-electron chi connectivity index (χ3n) is 11.1. The van der Waals surface area contributed by atoms with Crippen molar-refractivity contribution in [2.75, 3.05) is 44.3 Å². The normalized spacial score (nSPS) is 27.5. The Morgan fingerprint density at radius 2 is 1.96 bits per heavy atom. The lowest BCUT2D eigenvalue weighted by atomic mass is 9.68. The maximum atomic E-state index is 17.2. The largest absolute Gasteiger partial charge is 0.462 e. The van der Waals surface area contributed by atoms with Gasteiger partial charge in [-0.2, -0.15) is 15.2 Å². The highest BCUT2D eigenvalue weighted by atomic mass is 35.5. The fourth-order valence-electron chi connectivity index (χ4n) is 8.45. The second kappa shape index (κ2) is 13.0. The van der Waals surface area contributed by atoms with Crippen LogP contribution in [0.2, 0.25) is 5.02 Å². The van der Waals surface area contributed by atoms with Gasteiger partial charge in [0.25, 0.3) is 0 Å². The third kappa shape index (κ3) is 5.49. The van der Waals surface area contributed by atoms with Crippen molar-refractivity contribution in [3.05, 3.63) is 58.3 Å². The zero-order chi connectivity index (χ0) is 31.8. The fraction of sp³-hybridized carbons (Fsp3) is 0.600. The van der Waals surface area contributed by atoms with Crippen LogP contribution >= 0.6 is 11.6 Å². The van der Waals surface area contributed by atoms with Crippen LogP contribution in [0, 0.1) is 11.3 Å². The van der Waals surface area contributed by atoms with Crippen LogP contribution in [0.15, 0.2) is 30.9 Å². The molecule has 46 heavy (non-hydrogen) atoms. The zero-order valence-corrected chi connectivity index (χ0v) is 27.1. The van der Waals surface area contributed by atoms with Gasteiger partial charge in [0.2, 0.25) is 0 Å². The molecule has 2 aromatic rings. The molecule has 3 heterocycles. The van der Waals surface area contributed by atoms with Gasteiger partial charge < -0.3 is 19.3 Å². The van der Waals surface area contributed by atoms with Crippen molar-refractivity contribution in [3.8, 4) is 12.1 Å². The minimum absolute atomic E-state index is 0.103. The van der Waals surface area contributed by atoms with E-state index in [0.717, 1.165) is 42.5 Å². The molecule has 11 heteroatoms. The lowest BCUT2D eigenvalue weighted by Gasteiger charge is -2.43. The number of benzene rings is 1. The van der Waals surface area contributed by atoms with Gasteiger partial charge in [-0.15, -0.1) is 0 Å². The number of ether oxygens (including phenoxy) is 2. The molecule has 3 fully saturated rings. The molecule has 2 saturated heterocycles. The Kier molecular flexibility index (Phi) is 8.81. The number of hydrogen-bond donors (Lipinski definition) is 0. The Balaban J connectivity index is 1.21. The highest BCUT2D eigenvalue weighted by molar-refractivity contribution is 6.31. The number of anilines is 1. The third-order valence-corrected chi connectivity index (χ3v) is 11.4. The lowest BCUT2D eigenvalue weighted by Crippen LogP contribution is -2.56. The van der Waals surface area contributed by atoms with Crippen LogP contribution < -0.4 is 9.64 Å². The minimum Gasteiger partial charge on any atom is -0.462 e. The lowest BCUT2D eigenvalue weighted by molar-refractivity contribution is 0.0815. The zero-order valence-electron chi connectivity index (χ0n) is 26.3. The summed E-state index contributed by atoms with van der Waals surface area (Å²) >= 11 is 6.58. The minimum atomic E-state index is -1.34. The standard InChI is InChI=1S/C35H42ClFN6O3/c1-2-20-45-34(44)43-19-18-41(21-24(43)13-16-38)32-27-12-15-35(14-11-26-28(35)9-4-10-29(26)36)31(37)30(27)39-33(40-32)46-22-25-8-5-17-42(25)23-6-3-7-23/h2,4,9-10,23-25,31H,1,3,5-8,11-15,17-22H2/t24-,25-,31-,35+/m0/s1. The predicted molar refractivity (Wildman–Crippen MR) is 173 cm³/mol. The Hall–Kier alpha value is -3.42. The van der Waals surface area contributed by atoms with Crippen molar-refractivity contribution < 1.29 is 18.7 Å². The first-order valence-corrected chi connectivity index (χ1v) is 17.2. The van der Waals surface area contributed by atoms with E-state index in [9.17, 15) is 10.1 Å². The number of nitrogens with zero attached hydrogens (tertiary/aromatic N) is 6. The summed E-state index contributed by atoms with van der Waals surface area (Å²) in [6.45, 7) is 6.47. The summed E-state index contributed by atoms with van der Waals surface area (Å²) in [6.07, 6.45) is 8.49. The molecule has 9 nitrogen and oxygen atoms in total. The van der Waals surface area contributed by atoms with E-state index in [2.05, 4.69) is 22.4 Å². The maximum Gasteiger partial charge on any atom is 0.410 e. The average Bonchev–Trinajstić information content (AvgIpc) is 3.65.